The maximum atomic E-state index is 14.4. The lowest BCUT2D eigenvalue weighted by Crippen LogP contribution is -2.48. The first-order chi connectivity index (χ1) is 22.2. The molecule has 0 bridgehead atoms. The topological polar surface area (TPSA) is 120 Å². The normalized spacial score (nSPS) is 21.0. The second-order valence-electron chi connectivity index (χ2n) is 12.7. The molecule has 0 radical (unpaired) electrons. The van der Waals surface area contributed by atoms with Crippen molar-refractivity contribution in [1.82, 2.24) is 9.80 Å². The number of carboxylic acids is 1. The van der Waals surface area contributed by atoms with Gasteiger partial charge < -0.3 is 29.5 Å². The number of aliphatic carboxylic acids is 1. The molecule has 10 nitrogen and oxygen atoms in total. The van der Waals surface area contributed by atoms with Crippen LogP contribution in [0.5, 0.6) is 11.5 Å². The molecule has 2 saturated heterocycles. The monoisotopic (exact) mass is 639 g/mol. The highest BCUT2D eigenvalue weighted by atomic mass is 19.1. The van der Waals surface area contributed by atoms with Crippen molar-refractivity contribution in [3.05, 3.63) is 52.8 Å². The first kappa shape index (κ1) is 33.7. The molecule has 0 aromatic heterocycles. The van der Waals surface area contributed by atoms with Crippen LogP contribution in [-0.2, 0) is 21.0 Å². The van der Waals surface area contributed by atoms with Crippen molar-refractivity contribution >= 4 is 23.5 Å². The first-order valence-electron chi connectivity index (χ1n) is 16.5. The molecule has 3 heterocycles. The number of aliphatic hydroxyl groups is 1. The maximum Gasteiger partial charge on any atom is 0.308 e. The fraction of sp³-hybridized carbons (Fsp3) is 0.571. The lowest BCUT2D eigenvalue weighted by molar-refractivity contribution is -0.143. The third kappa shape index (κ3) is 7.00. The highest BCUT2D eigenvalue weighted by molar-refractivity contribution is 5.95. The van der Waals surface area contributed by atoms with E-state index < -0.39 is 23.8 Å². The van der Waals surface area contributed by atoms with Crippen LogP contribution in [0.2, 0.25) is 0 Å². The van der Waals surface area contributed by atoms with Crippen LogP contribution in [0, 0.1) is 18.7 Å². The van der Waals surface area contributed by atoms with Crippen molar-refractivity contribution in [2.75, 3.05) is 37.9 Å². The van der Waals surface area contributed by atoms with Crippen LogP contribution in [0.3, 0.4) is 0 Å². The molecular formula is C35H46FN3O7. The van der Waals surface area contributed by atoms with Crippen LogP contribution >= 0.6 is 0 Å². The number of nitrogens with zero attached hydrogens (tertiary/aromatic N) is 3. The summed E-state index contributed by atoms with van der Waals surface area (Å²) >= 11 is 0. The van der Waals surface area contributed by atoms with E-state index in [1.54, 1.807) is 41.0 Å². The number of rotatable bonds is 14. The minimum absolute atomic E-state index is 0.0152. The van der Waals surface area contributed by atoms with Gasteiger partial charge in [0.05, 0.1) is 19.1 Å². The van der Waals surface area contributed by atoms with E-state index >= 15 is 0 Å². The molecule has 2 aromatic rings. The number of anilines is 1. The Balaban J connectivity index is 1.50. The van der Waals surface area contributed by atoms with Crippen LogP contribution < -0.4 is 14.4 Å². The van der Waals surface area contributed by atoms with Gasteiger partial charge in [-0.05, 0) is 74.1 Å². The smallest absolute Gasteiger partial charge is 0.308 e. The second-order valence-corrected chi connectivity index (χ2v) is 12.7. The Hall–Kier alpha value is -3.70. The van der Waals surface area contributed by atoms with Crippen LogP contribution in [0.1, 0.15) is 81.4 Å². The van der Waals surface area contributed by atoms with Crippen LogP contribution in [0.4, 0.5) is 10.1 Å². The SMILES string of the molecule is CCCC(CCC)N(C(=O)CN1C[C@H](c2cc(CO)c3c(c2)OCO3)[C@@H](C(=O)O)[C@@H]1CCN1CCCC1=O)c1ccc(F)c(C)c1. The fourth-order valence-corrected chi connectivity index (χ4v) is 7.51. The minimum Gasteiger partial charge on any atom is -0.481 e. The van der Waals surface area contributed by atoms with E-state index in [2.05, 4.69) is 13.8 Å². The third-order valence-corrected chi connectivity index (χ3v) is 9.71. The van der Waals surface area contributed by atoms with Crippen molar-refractivity contribution < 1.29 is 38.5 Å². The molecule has 250 valence electrons. The summed E-state index contributed by atoms with van der Waals surface area (Å²) in [5.41, 5.74) is 2.29. The molecule has 2 aromatic carbocycles. The Bertz CT molecular complexity index is 1430. The van der Waals surface area contributed by atoms with Gasteiger partial charge in [-0.2, -0.15) is 0 Å². The van der Waals surface area contributed by atoms with Gasteiger partial charge in [0.2, 0.25) is 18.6 Å². The summed E-state index contributed by atoms with van der Waals surface area (Å²) in [6.07, 6.45) is 4.95. The van der Waals surface area contributed by atoms with Crippen molar-refractivity contribution in [3.8, 4) is 11.5 Å². The number of benzene rings is 2. The Labute approximate surface area is 270 Å². The summed E-state index contributed by atoms with van der Waals surface area (Å²) in [4.78, 5) is 45.5. The number of carboxylic acid groups (broad SMARTS) is 1. The number of ether oxygens (including phenoxy) is 2. The average molecular weight is 640 g/mol. The van der Waals surface area contributed by atoms with Gasteiger partial charge in [-0.15, -0.1) is 0 Å². The zero-order valence-corrected chi connectivity index (χ0v) is 27.0. The van der Waals surface area contributed by atoms with E-state index in [0.717, 1.165) is 32.1 Å². The molecule has 0 spiro atoms. The fourth-order valence-electron chi connectivity index (χ4n) is 7.51. The Kier molecular flexibility index (Phi) is 10.8. The number of amides is 2. The second kappa shape index (κ2) is 14.8. The average Bonchev–Trinajstić information content (AvgIpc) is 3.76. The molecule has 0 saturated carbocycles. The minimum atomic E-state index is -0.984. The zero-order chi connectivity index (χ0) is 33.0. The zero-order valence-electron chi connectivity index (χ0n) is 27.0. The number of hydrogen-bond acceptors (Lipinski definition) is 7. The lowest BCUT2D eigenvalue weighted by atomic mass is 9.83. The van der Waals surface area contributed by atoms with Crippen molar-refractivity contribution in [2.45, 2.75) is 90.3 Å². The van der Waals surface area contributed by atoms with Gasteiger partial charge in [0.25, 0.3) is 0 Å². The van der Waals surface area contributed by atoms with Gasteiger partial charge in [0.1, 0.15) is 5.82 Å². The number of aryl methyl sites for hydroxylation is 1. The number of hydrogen-bond donors (Lipinski definition) is 2. The van der Waals surface area contributed by atoms with E-state index in [1.165, 1.54) is 6.07 Å². The molecule has 3 aliphatic heterocycles. The van der Waals surface area contributed by atoms with E-state index in [0.29, 0.717) is 59.8 Å². The molecule has 2 N–H and O–H groups in total. The molecule has 2 fully saturated rings. The molecule has 5 rings (SSSR count). The summed E-state index contributed by atoms with van der Waals surface area (Å²) in [5.74, 6) is -1.91. The Morgan fingerprint density at radius 2 is 1.89 bits per heavy atom. The number of carbonyl (C=O) groups is 3. The molecular weight excluding hydrogens is 593 g/mol. The molecule has 0 unspecified atom stereocenters. The maximum absolute atomic E-state index is 14.4. The summed E-state index contributed by atoms with van der Waals surface area (Å²) in [6, 6.07) is 7.66. The van der Waals surface area contributed by atoms with Crippen LogP contribution in [-0.4, -0.2) is 82.9 Å². The number of halogens is 1. The van der Waals surface area contributed by atoms with Crippen LogP contribution in [0.15, 0.2) is 30.3 Å². The first-order valence-corrected chi connectivity index (χ1v) is 16.5. The summed E-state index contributed by atoms with van der Waals surface area (Å²) in [5, 5.41) is 20.7. The highest BCUT2D eigenvalue weighted by Crippen LogP contribution is 2.45. The third-order valence-electron chi connectivity index (χ3n) is 9.71. The quantitative estimate of drug-likeness (QED) is 0.302. The van der Waals surface area contributed by atoms with Crippen molar-refractivity contribution in [2.24, 2.45) is 5.92 Å². The largest absolute Gasteiger partial charge is 0.481 e. The highest BCUT2D eigenvalue weighted by Gasteiger charge is 2.48. The van der Waals surface area contributed by atoms with Gasteiger partial charge in [-0.1, -0.05) is 26.7 Å². The number of likely N-dealkylation sites (tertiary alicyclic amines) is 2. The van der Waals surface area contributed by atoms with Gasteiger partial charge in [0, 0.05) is 55.3 Å². The molecule has 3 atom stereocenters. The van der Waals surface area contributed by atoms with Crippen molar-refractivity contribution in [3.63, 3.8) is 0 Å². The lowest BCUT2D eigenvalue weighted by Gasteiger charge is -2.35. The van der Waals surface area contributed by atoms with Crippen molar-refractivity contribution in [1.29, 1.82) is 0 Å². The van der Waals surface area contributed by atoms with Gasteiger partial charge in [-0.25, -0.2) is 4.39 Å². The Morgan fingerprint density at radius 3 is 2.52 bits per heavy atom. The summed E-state index contributed by atoms with van der Waals surface area (Å²) in [7, 11) is 0. The predicted octanol–water partition coefficient (Wildman–Crippen LogP) is 4.84. The number of carbonyl (C=O) groups excluding carboxylic acids is 2. The molecule has 46 heavy (non-hydrogen) atoms. The number of aliphatic hydroxyl groups excluding tert-OH is 1. The summed E-state index contributed by atoms with van der Waals surface area (Å²) in [6.45, 7) is 6.85. The van der Waals surface area contributed by atoms with Gasteiger partial charge in [-0.3, -0.25) is 19.3 Å². The summed E-state index contributed by atoms with van der Waals surface area (Å²) < 4.78 is 25.5. The molecule has 11 heteroatoms. The van der Waals surface area contributed by atoms with Gasteiger partial charge >= 0.3 is 5.97 Å². The Morgan fingerprint density at radius 1 is 1.13 bits per heavy atom. The van der Waals surface area contributed by atoms with Gasteiger partial charge in [0.15, 0.2) is 11.5 Å². The standard InChI is InChI=1S/C35H46FN3O7/c1-4-7-25(8-5-2)39(26-10-11-28(36)22(3)15-26)32(42)19-38-18-27(23-16-24(20-40)34-30(17-23)45-21-46-34)33(35(43)44)29(38)12-14-37-13-6-9-31(37)41/h10-11,15-17,25,27,29,33,40H,4-9,12-14,18-21H2,1-3H3,(H,43,44)/t27-,29+,33-/m1/s1. The predicted molar refractivity (Wildman–Crippen MR) is 170 cm³/mol. The molecule has 2 amide bonds. The van der Waals surface area contributed by atoms with Crippen LogP contribution in [0.25, 0.3) is 0 Å². The van der Waals surface area contributed by atoms with E-state index in [1.807, 2.05) is 4.90 Å². The molecule has 0 aliphatic carbocycles. The molecule has 3 aliphatic rings. The van der Waals surface area contributed by atoms with E-state index in [9.17, 15) is 29.0 Å². The van der Waals surface area contributed by atoms with E-state index in [-0.39, 0.29) is 50.2 Å². The van der Waals surface area contributed by atoms with E-state index in [4.69, 9.17) is 9.47 Å². The number of fused-ring (bicyclic) bond motifs is 1.